The van der Waals surface area contributed by atoms with E-state index in [1.807, 2.05) is 43.3 Å². The summed E-state index contributed by atoms with van der Waals surface area (Å²) in [6.45, 7) is 4.69. The molecule has 0 unspecified atom stereocenters. The first kappa shape index (κ1) is 19.6. The number of fused-ring (bicyclic) bond motifs is 1. The van der Waals surface area contributed by atoms with Gasteiger partial charge in [-0.2, -0.15) is 4.98 Å². The fourth-order valence-corrected chi connectivity index (χ4v) is 3.04. The van der Waals surface area contributed by atoms with Crippen LogP contribution in [0.1, 0.15) is 35.7 Å². The number of benzene rings is 2. The number of hydrogen-bond acceptors (Lipinski definition) is 5. The second kappa shape index (κ2) is 8.78. The van der Waals surface area contributed by atoms with E-state index in [0.717, 1.165) is 24.0 Å². The molecule has 0 bridgehead atoms. The van der Waals surface area contributed by atoms with Crippen LogP contribution in [0.15, 0.2) is 65.2 Å². The molecule has 1 amide bonds. The van der Waals surface area contributed by atoms with Crippen molar-refractivity contribution in [3.63, 3.8) is 0 Å². The van der Waals surface area contributed by atoms with E-state index < -0.39 is 0 Å². The van der Waals surface area contributed by atoms with Gasteiger partial charge in [0.1, 0.15) is 5.75 Å². The Kier molecular flexibility index (Phi) is 5.75. The van der Waals surface area contributed by atoms with Gasteiger partial charge in [-0.05, 0) is 61.4 Å². The summed E-state index contributed by atoms with van der Waals surface area (Å²) in [7, 11) is 0. The second-order valence-corrected chi connectivity index (χ2v) is 7.06. The second-order valence-electron chi connectivity index (χ2n) is 7.06. The van der Waals surface area contributed by atoms with Crippen LogP contribution >= 0.6 is 0 Å². The monoisotopic (exact) mass is 401 g/mol. The first-order valence-corrected chi connectivity index (χ1v) is 10.0. The minimum Gasteiger partial charge on any atom is -0.494 e. The zero-order valence-corrected chi connectivity index (χ0v) is 17.0. The largest absolute Gasteiger partial charge is 0.494 e. The molecule has 0 atom stereocenters. The summed E-state index contributed by atoms with van der Waals surface area (Å²) < 4.78 is 11.5. The summed E-state index contributed by atoms with van der Waals surface area (Å²) in [6.07, 6.45) is 3.72. The van der Waals surface area contributed by atoms with Gasteiger partial charge in [0.2, 0.25) is 5.89 Å². The predicted octanol–water partition coefficient (Wildman–Crippen LogP) is 5.63. The maximum atomic E-state index is 12.8. The Bertz CT molecular complexity index is 1150. The third-order valence-corrected chi connectivity index (χ3v) is 4.76. The smallest absolute Gasteiger partial charge is 0.255 e. The highest BCUT2D eigenvalue weighted by Gasteiger charge is 2.13. The van der Waals surface area contributed by atoms with Crippen LogP contribution in [0, 0.1) is 6.92 Å². The van der Waals surface area contributed by atoms with Gasteiger partial charge < -0.3 is 14.5 Å². The maximum absolute atomic E-state index is 12.8. The first-order chi connectivity index (χ1) is 14.6. The molecule has 30 heavy (non-hydrogen) atoms. The Hall–Kier alpha value is -3.67. The van der Waals surface area contributed by atoms with E-state index in [4.69, 9.17) is 9.15 Å². The molecule has 0 saturated carbocycles. The normalized spacial score (nSPS) is 10.9. The summed E-state index contributed by atoms with van der Waals surface area (Å²) >= 11 is 0. The maximum Gasteiger partial charge on any atom is 0.255 e. The zero-order chi connectivity index (χ0) is 20.9. The van der Waals surface area contributed by atoms with E-state index in [-0.39, 0.29) is 5.91 Å². The van der Waals surface area contributed by atoms with Gasteiger partial charge in [-0.15, -0.1) is 0 Å². The lowest BCUT2D eigenvalue weighted by molar-refractivity contribution is 0.102. The standard InChI is InChI=1S/C24H23N3O3/c1-3-4-13-29-19-8-5-7-17(14-19)23(28)26-20-15-18(11-10-16(20)2)24-27-22-21(30-24)9-6-12-25-22/h5-12,14-15H,3-4,13H2,1-2H3,(H,26,28). The number of aryl methyl sites for hydroxylation is 1. The number of ether oxygens (including phenoxy) is 1. The minimum atomic E-state index is -0.199. The van der Waals surface area contributed by atoms with Crippen molar-refractivity contribution in [3.8, 4) is 17.2 Å². The molecule has 0 fully saturated rings. The number of unbranched alkanes of at least 4 members (excludes halogenated alkanes) is 1. The summed E-state index contributed by atoms with van der Waals surface area (Å²) in [4.78, 5) is 21.5. The average Bonchev–Trinajstić information content (AvgIpc) is 3.20. The number of nitrogens with zero attached hydrogens (tertiary/aromatic N) is 2. The van der Waals surface area contributed by atoms with Crippen molar-refractivity contribution in [2.75, 3.05) is 11.9 Å². The van der Waals surface area contributed by atoms with Gasteiger partial charge in [-0.25, -0.2) is 4.98 Å². The minimum absolute atomic E-state index is 0.199. The van der Waals surface area contributed by atoms with Crippen LogP contribution in [-0.4, -0.2) is 22.5 Å². The summed E-state index contributed by atoms with van der Waals surface area (Å²) in [6, 6.07) is 16.5. The number of anilines is 1. The molecular formula is C24H23N3O3. The third-order valence-electron chi connectivity index (χ3n) is 4.76. The SMILES string of the molecule is CCCCOc1cccc(C(=O)Nc2cc(-c3nc4ncccc4o3)ccc2C)c1. The van der Waals surface area contributed by atoms with E-state index in [1.54, 1.807) is 24.4 Å². The van der Waals surface area contributed by atoms with Gasteiger partial charge >= 0.3 is 0 Å². The van der Waals surface area contributed by atoms with Crippen molar-refractivity contribution < 1.29 is 13.9 Å². The molecule has 0 saturated heterocycles. The van der Waals surface area contributed by atoms with Crippen molar-refractivity contribution in [2.45, 2.75) is 26.7 Å². The molecule has 4 aromatic rings. The molecule has 0 radical (unpaired) electrons. The third kappa shape index (κ3) is 4.33. The number of rotatable bonds is 7. The van der Waals surface area contributed by atoms with Crippen LogP contribution in [0.5, 0.6) is 5.75 Å². The molecule has 2 heterocycles. The lowest BCUT2D eigenvalue weighted by atomic mass is 10.1. The van der Waals surface area contributed by atoms with Crippen molar-refractivity contribution in [1.82, 2.24) is 9.97 Å². The molecule has 4 rings (SSSR count). The Balaban J connectivity index is 1.55. The first-order valence-electron chi connectivity index (χ1n) is 10.0. The topological polar surface area (TPSA) is 77.2 Å². The number of carbonyl (C=O) groups is 1. The van der Waals surface area contributed by atoms with Gasteiger partial charge in [0, 0.05) is 23.0 Å². The summed E-state index contributed by atoms with van der Waals surface area (Å²) in [5, 5.41) is 2.99. The molecular weight excluding hydrogens is 378 g/mol. The van der Waals surface area contributed by atoms with Crippen LogP contribution in [-0.2, 0) is 0 Å². The number of nitrogens with one attached hydrogen (secondary N) is 1. The lowest BCUT2D eigenvalue weighted by Gasteiger charge is -2.11. The van der Waals surface area contributed by atoms with Gasteiger partial charge in [-0.3, -0.25) is 4.79 Å². The van der Waals surface area contributed by atoms with E-state index in [9.17, 15) is 4.79 Å². The van der Waals surface area contributed by atoms with Crippen LogP contribution in [0.4, 0.5) is 5.69 Å². The van der Waals surface area contributed by atoms with E-state index >= 15 is 0 Å². The molecule has 152 valence electrons. The van der Waals surface area contributed by atoms with Crippen LogP contribution in [0.25, 0.3) is 22.7 Å². The van der Waals surface area contributed by atoms with Crippen molar-refractivity contribution in [3.05, 3.63) is 71.9 Å². The number of carbonyl (C=O) groups excluding carboxylic acids is 1. The number of aromatic nitrogens is 2. The number of pyridine rings is 1. The highest BCUT2D eigenvalue weighted by atomic mass is 16.5. The van der Waals surface area contributed by atoms with Gasteiger partial charge in [0.25, 0.3) is 5.91 Å². The molecule has 2 aromatic heterocycles. The van der Waals surface area contributed by atoms with Crippen molar-refractivity contribution in [1.29, 1.82) is 0 Å². The molecule has 6 heteroatoms. The molecule has 6 nitrogen and oxygen atoms in total. The zero-order valence-electron chi connectivity index (χ0n) is 17.0. The number of oxazole rings is 1. The Morgan fingerprint density at radius 3 is 2.87 bits per heavy atom. The predicted molar refractivity (Wildman–Crippen MR) is 117 cm³/mol. The molecule has 0 spiro atoms. The van der Waals surface area contributed by atoms with E-state index in [0.29, 0.717) is 40.7 Å². The lowest BCUT2D eigenvalue weighted by Crippen LogP contribution is -2.13. The van der Waals surface area contributed by atoms with Crippen LogP contribution in [0.3, 0.4) is 0 Å². The fraction of sp³-hybridized carbons (Fsp3) is 0.208. The number of hydrogen-bond donors (Lipinski definition) is 1. The molecule has 0 aliphatic carbocycles. The van der Waals surface area contributed by atoms with Crippen molar-refractivity contribution in [2.24, 2.45) is 0 Å². The van der Waals surface area contributed by atoms with Crippen LogP contribution < -0.4 is 10.1 Å². The quantitative estimate of drug-likeness (QED) is 0.406. The van der Waals surface area contributed by atoms with E-state index in [2.05, 4.69) is 22.2 Å². The molecule has 0 aliphatic heterocycles. The Morgan fingerprint density at radius 1 is 1.13 bits per heavy atom. The molecule has 1 N–H and O–H groups in total. The van der Waals surface area contributed by atoms with Crippen molar-refractivity contribution >= 4 is 22.8 Å². The average molecular weight is 401 g/mol. The summed E-state index contributed by atoms with van der Waals surface area (Å²) in [5.41, 5.74) is 4.13. The highest BCUT2D eigenvalue weighted by Crippen LogP contribution is 2.28. The summed E-state index contributed by atoms with van der Waals surface area (Å²) in [5.74, 6) is 0.960. The fourth-order valence-electron chi connectivity index (χ4n) is 3.04. The van der Waals surface area contributed by atoms with Gasteiger partial charge in [0.05, 0.1) is 6.61 Å². The van der Waals surface area contributed by atoms with Gasteiger partial charge in [0.15, 0.2) is 11.2 Å². The Labute approximate surface area is 174 Å². The van der Waals surface area contributed by atoms with Gasteiger partial charge in [-0.1, -0.05) is 25.5 Å². The molecule has 0 aliphatic rings. The van der Waals surface area contributed by atoms with E-state index in [1.165, 1.54) is 0 Å². The highest BCUT2D eigenvalue weighted by molar-refractivity contribution is 6.05. The number of amides is 1. The molecule has 2 aromatic carbocycles. The van der Waals surface area contributed by atoms with Crippen LogP contribution in [0.2, 0.25) is 0 Å². The Morgan fingerprint density at radius 2 is 2.03 bits per heavy atom.